The molecule has 1 aromatic heterocycles. The fraction of sp³-hybridized carbons (Fsp3) is 0.444. The first-order chi connectivity index (χ1) is 7.24. The molecule has 0 aliphatic heterocycles. The van der Waals surface area contributed by atoms with Crippen LogP contribution in [0, 0.1) is 0 Å². The molecule has 0 bridgehead atoms. The molecule has 82 valence electrons. The molecule has 1 aromatic rings. The number of carbonyl (C=O) groups excluding carboxylic acids is 1. The molecule has 1 N–H and O–H groups in total. The number of ether oxygens (including phenoxy) is 1. The Morgan fingerprint density at radius 3 is 2.93 bits per heavy atom. The van der Waals surface area contributed by atoms with Crippen molar-refractivity contribution < 1.29 is 9.53 Å². The maximum Gasteiger partial charge on any atom is 0.271 e. The van der Waals surface area contributed by atoms with Crippen molar-refractivity contribution in [2.45, 2.75) is 6.92 Å². The number of carbonyl (C=O) groups is 1. The molecule has 1 heterocycles. The topological polar surface area (TPSA) is 64.1 Å². The minimum atomic E-state index is -0.279. The Hall–Kier alpha value is -1.20. The first-order valence-corrected chi connectivity index (χ1v) is 4.97. The lowest BCUT2D eigenvalue weighted by molar-refractivity contribution is 0.0916. The van der Waals surface area contributed by atoms with Crippen molar-refractivity contribution in [2.75, 3.05) is 19.8 Å². The minimum absolute atomic E-state index is 0.246. The van der Waals surface area contributed by atoms with Gasteiger partial charge in [0.05, 0.1) is 6.61 Å². The third kappa shape index (κ3) is 4.22. The van der Waals surface area contributed by atoms with Crippen molar-refractivity contribution in [2.24, 2.45) is 0 Å². The van der Waals surface area contributed by atoms with Crippen LogP contribution in [0.25, 0.3) is 0 Å². The zero-order valence-corrected chi connectivity index (χ0v) is 9.12. The number of rotatable bonds is 5. The van der Waals surface area contributed by atoms with Crippen LogP contribution >= 0.6 is 11.6 Å². The molecule has 1 rings (SSSR count). The van der Waals surface area contributed by atoms with E-state index in [9.17, 15) is 4.79 Å². The molecule has 0 aliphatic rings. The number of halogens is 1. The van der Waals surface area contributed by atoms with E-state index in [0.717, 1.165) is 0 Å². The highest BCUT2D eigenvalue weighted by Gasteiger charge is 2.06. The largest absolute Gasteiger partial charge is 0.380 e. The smallest absolute Gasteiger partial charge is 0.271 e. The molecule has 0 saturated heterocycles. The van der Waals surface area contributed by atoms with Crippen molar-refractivity contribution in [3.8, 4) is 0 Å². The molecular formula is C9H12ClN3O2. The lowest BCUT2D eigenvalue weighted by Gasteiger charge is -2.03. The van der Waals surface area contributed by atoms with E-state index in [1.54, 1.807) is 0 Å². The van der Waals surface area contributed by atoms with E-state index in [1.807, 2.05) is 6.92 Å². The summed E-state index contributed by atoms with van der Waals surface area (Å²) in [7, 11) is 0. The van der Waals surface area contributed by atoms with Crippen LogP contribution in [0.15, 0.2) is 12.1 Å². The fourth-order valence-electron chi connectivity index (χ4n) is 0.909. The summed E-state index contributed by atoms with van der Waals surface area (Å²) in [6.07, 6.45) is 0. The number of nitrogens with one attached hydrogen (secondary N) is 1. The molecule has 6 heteroatoms. The average molecular weight is 230 g/mol. The summed E-state index contributed by atoms with van der Waals surface area (Å²) in [5.74, 6) is -0.279. The molecule has 15 heavy (non-hydrogen) atoms. The Kier molecular flexibility index (Phi) is 5.00. The predicted octanol–water partition coefficient (Wildman–Crippen LogP) is 0.896. The first kappa shape index (κ1) is 11.9. The van der Waals surface area contributed by atoms with Gasteiger partial charge in [0, 0.05) is 13.2 Å². The highest BCUT2D eigenvalue weighted by Crippen LogP contribution is 2.01. The standard InChI is InChI=1S/C9H12ClN3O2/c1-2-15-6-5-11-9(14)7-3-4-8(10)13-12-7/h3-4H,2,5-6H2,1H3,(H,11,14). The second kappa shape index (κ2) is 6.31. The number of hydrogen-bond acceptors (Lipinski definition) is 4. The quantitative estimate of drug-likeness (QED) is 0.762. The van der Waals surface area contributed by atoms with Crippen LogP contribution in [0.3, 0.4) is 0 Å². The minimum Gasteiger partial charge on any atom is -0.380 e. The summed E-state index contributed by atoms with van der Waals surface area (Å²) in [5, 5.41) is 10.1. The van der Waals surface area contributed by atoms with Crippen LogP contribution in [0.1, 0.15) is 17.4 Å². The molecule has 5 nitrogen and oxygen atoms in total. The summed E-state index contributed by atoms with van der Waals surface area (Å²) in [6, 6.07) is 3.04. The Bertz CT molecular complexity index is 316. The van der Waals surface area contributed by atoms with Crippen molar-refractivity contribution in [3.63, 3.8) is 0 Å². The van der Waals surface area contributed by atoms with E-state index in [4.69, 9.17) is 16.3 Å². The van der Waals surface area contributed by atoms with Crippen LogP contribution in [-0.2, 0) is 4.74 Å². The van der Waals surface area contributed by atoms with E-state index in [2.05, 4.69) is 15.5 Å². The van der Waals surface area contributed by atoms with Gasteiger partial charge in [0.25, 0.3) is 5.91 Å². The molecule has 0 aliphatic carbocycles. The second-order valence-electron chi connectivity index (χ2n) is 2.69. The number of nitrogens with zero attached hydrogens (tertiary/aromatic N) is 2. The molecule has 0 fully saturated rings. The molecule has 0 spiro atoms. The second-order valence-corrected chi connectivity index (χ2v) is 3.08. The zero-order valence-electron chi connectivity index (χ0n) is 8.36. The van der Waals surface area contributed by atoms with Gasteiger partial charge in [0.2, 0.25) is 0 Å². The molecule has 0 unspecified atom stereocenters. The van der Waals surface area contributed by atoms with Crippen molar-refractivity contribution in [1.29, 1.82) is 0 Å². The molecule has 0 saturated carbocycles. The maximum absolute atomic E-state index is 11.4. The molecule has 0 radical (unpaired) electrons. The van der Waals surface area contributed by atoms with E-state index < -0.39 is 0 Å². The fourth-order valence-corrected chi connectivity index (χ4v) is 1.01. The summed E-state index contributed by atoms with van der Waals surface area (Å²) >= 11 is 5.54. The molecule has 1 amide bonds. The van der Waals surface area contributed by atoms with Gasteiger partial charge < -0.3 is 10.1 Å². The normalized spacial score (nSPS) is 10.0. The average Bonchev–Trinajstić information content (AvgIpc) is 2.25. The van der Waals surface area contributed by atoms with Crippen molar-refractivity contribution >= 4 is 17.5 Å². The maximum atomic E-state index is 11.4. The number of aromatic nitrogens is 2. The molecule has 0 atom stereocenters. The Morgan fingerprint density at radius 1 is 1.53 bits per heavy atom. The summed E-state index contributed by atoms with van der Waals surface area (Å²) in [6.45, 7) is 3.48. The third-order valence-electron chi connectivity index (χ3n) is 1.60. The lowest BCUT2D eigenvalue weighted by atomic mass is 10.4. The summed E-state index contributed by atoms with van der Waals surface area (Å²) < 4.78 is 5.07. The van der Waals surface area contributed by atoms with E-state index in [1.165, 1.54) is 12.1 Å². The number of amides is 1. The van der Waals surface area contributed by atoms with Gasteiger partial charge in [-0.2, -0.15) is 0 Å². The zero-order chi connectivity index (χ0) is 11.1. The Balaban J connectivity index is 2.37. The van der Waals surface area contributed by atoms with Crippen molar-refractivity contribution in [3.05, 3.63) is 23.0 Å². The predicted molar refractivity (Wildman–Crippen MR) is 55.9 cm³/mol. The van der Waals surface area contributed by atoms with Gasteiger partial charge >= 0.3 is 0 Å². The molecular weight excluding hydrogens is 218 g/mol. The van der Waals surface area contributed by atoms with Gasteiger partial charge in [-0.15, -0.1) is 10.2 Å². The highest BCUT2D eigenvalue weighted by atomic mass is 35.5. The van der Waals surface area contributed by atoms with Gasteiger partial charge in [-0.25, -0.2) is 0 Å². The summed E-state index contributed by atoms with van der Waals surface area (Å²) in [4.78, 5) is 11.4. The number of hydrogen-bond donors (Lipinski definition) is 1. The van der Waals surface area contributed by atoms with E-state index in [-0.39, 0.29) is 16.8 Å². The van der Waals surface area contributed by atoms with E-state index >= 15 is 0 Å². The van der Waals surface area contributed by atoms with Crippen LogP contribution in [0.4, 0.5) is 0 Å². The third-order valence-corrected chi connectivity index (χ3v) is 1.80. The van der Waals surface area contributed by atoms with Gasteiger partial charge in [-0.3, -0.25) is 4.79 Å². The Morgan fingerprint density at radius 2 is 2.33 bits per heavy atom. The van der Waals surface area contributed by atoms with Gasteiger partial charge in [0.1, 0.15) is 0 Å². The molecule has 0 aromatic carbocycles. The van der Waals surface area contributed by atoms with Crippen LogP contribution in [0.5, 0.6) is 0 Å². The monoisotopic (exact) mass is 229 g/mol. The highest BCUT2D eigenvalue weighted by molar-refractivity contribution is 6.29. The summed E-state index contributed by atoms with van der Waals surface area (Å²) in [5.41, 5.74) is 0.246. The van der Waals surface area contributed by atoms with Crippen LogP contribution in [0.2, 0.25) is 5.15 Å². The van der Waals surface area contributed by atoms with Gasteiger partial charge in [-0.05, 0) is 19.1 Å². The van der Waals surface area contributed by atoms with Crippen LogP contribution < -0.4 is 5.32 Å². The van der Waals surface area contributed by atoms with Crippen molar-refractivity contribution in [1.82, 2.24) is 15.5 Å². The SMILES string of the molecule is CCOCCNC(=O)c1ccc(Cl)nn1. The van der Waals surface area contributed by atoms with Gasteiger partial charge in [-0.1, -0.05) is 11.6 Å². The van der Waals surface area contributed by atoms with Gasteiger partial charge in [0.15, 0.2) is 10.8 Å². The lowest BCUT2D eigenvalue weighted by Crippen LogP contribution is -2.28. The van der Waals surface area contributed by atoms with Crippen LogP contribution in [-0.4, -0.2) is 35.9 Å². The Labute approximate surface area is 92.8 Å². The van der Waals surface area contributed by atoms with E-state index in [0.29, 0.717) is 19.8 Å². The first-order valence-electron chi connectivity index (χ1n) is 4.59.